The van der Waals surface area contributed by atoms with Crippen molar-refractivity contribution in [3.8, 4) is 0 Å². The molecule has 192 valence electrons. The van der Waals surface area contributed by atoms with Crippen molar-refractivity contribution in [1.29, 1.82) is 0 Å². The van der Waals surface area contributed by atoms with Crippen molar-refractivity contribution in [2.24, 2.45) is 45.8 Å². The summed E-state index contributed by atoms with van der Waals surface area (Å²) in [5.41, 5.74) is -0.485. The van der Waals surface area contributed by atoms with Gasteiger partial charge in [-0.15, -0.1) is 0 Å². The Morgan fingerprint density at radius 3 is 2.41 bits per heavy atom. The van der Waals surface area contributed by atoms with Crippen LogP contribution in [-0.4, -0.2) is 36.7 Å². The summed E-state index contributed by atoms with van der Waals surface area (Å²) in [7, 11) is 0. The second-order valence-corrected chi connectivity index (χ2v) is 13.0. The Kier molecular flexibility index (Phi) is 6.61. The van der Waals surface area contributed by atoms with Gasteiger partial charge in [0.1, 0.15) is 12.2 Å². The molecule has 1 saturated heterocycles. The summed E-state index contributed by atoms with van der Waals surface area (Å²) in [5, 5.41) is 0. The summed E-state index contributed by atoms with van der Waals surface area (Å²) >= 11 is 0. The molecule has 0 aromatic carbocycles. The van der Waals surface area contributed by atoms with Crippen molar-refractivity contribution in [3.63, 3.8) is 0 Å². The number of ether oxygens (including phenoxy) is 3. The van der Waals surface area contributed by atoms with Gasteiger partial charge >= 0.3 is 17.9 Å². The SMILES string of the molecule is CCC(=O)O[C@@H]1C[C@H]2C(=O)OC[C@H]2[C@@]2(C)[C@H]1[C@@]1(C)CCCC(C)(C)[C@@H]1C[C@H]2OC(=O)CC(C)C. The maximum atomic E-state index is 13.0. The normalized spacial score (nSPS) is 42.8. The summed E-state index contributed by atoms with van der Waals surface area (Å²) in [5.74, 6) is -0.420. The van der Waals surface area contributed by atoms with Gasteiger partial charge in [-0.25, -0.2) is 0 Å². The minimum absolute atomic E-state index is 0.00132. The van der Waals surface area contributed by atoms with E-state index in [1.807, 2.05) is 20.8 Å². The van der Waals surface area contributed by atoms with E-state index in [2.05, 4.69) is 27.7 Å². The molecule has 0 unspecified atom stereocenters. The fourth-order valence-electron chi connectivity index (χ4n) is 8.70. The molecule has 0 radical (unpaired) electrons. The summed E-state index contributed by atoms with van der Waals surface area (Å²) in [6.07, 6.45) is 4.58. The van der Waals surface area contributed by atoms with E-state index < -0.39 is 5.41 Å². The first-order valence-corrected chi connectivity index (χ1v) is 13.4. The molecule has 4 fully saturated rings. The van der Waals surface area contributed by atoms with Gasteiger partial charge in [-0.1, -0.05) is 54.9 Å². The molecule has 8 atom stereocenters. The van der Waals surface area contributed by atoms with Gasteiger partial charge in [-0.05, 0) is 48.3 Å². The number of rotatable bonds is 5. The Balaban J connectivity index is 1.83. The first kappa shape index (κ1) is 25.5. The molecular formula is C28H44O6. The van der Waals surface area contributed by atoms with Crippen molar-refractivity contribution >= 4 is 17.9 Å². The van der Waals surface area contributed by atoms with Crippen LogP contribution in [0.1, 0.15) is 93.4 Å². The highest BCUT2D eigenvalue weighted by Crippen LogP contribution is 2.70. The van der Waals surface area contributed by atoms with Crippen LogP contribution in [0, 0.1) is 45.8 Å². The van der Waals surface area contributed by atoms with Crippen molar-refractivity contribution in [2.45, 2.75) is 106 Å². The predicted octanol–water partition coefficient (Wildman–Crippen LogP) is 5.32. The molecule has 0 aromatic rings. The van der Waals surface area contributed by atoms with Gasteiger partial charge in [0.2, 0.25) is 0 Å². The molecule has 3 saturated carbocycles. The number of carbonyl (C=O) groups excluding carboxylic acids is 3. The van der Waals surface area contributed by atoms with Crippen molar-refractivity contribution in [3.05, 3.63) is 0 Å². The Bertz CT molecular complexity index is 833. The largest absolute Gasteiger partial charge is 0.465 e. The Morgan fingerprint density at radius 1 is 1.06 bits per heavy atom. The molecule has 6 heteroatoms. The molecular weight excluding hydrogens is 432 g/mol. The minimum Gasteiger partial charge on any atom is -0.465 e. The number of carbonyl (C=O) groups is 3. The molecule has 1 heterocycles. The van der Waals surface area contributed by atoms with Crippen LogP contribution in [0.2, 0.25) is 0 Å². The van der Waals surface area contributed by atoms with Gasteiger partial charge in [0.15, 0.2) is 0 Å². The highest BCUT2D eigenvalue weighted by molar-refractivity contribution is 5.76. The van der Waals surface area contributed by atoms with Crippen LogP contribution < -0.4 is 0 Å². The monoisotopic (exact) mass is 476 g/mol. The van der Waals surface area contributed by atoms with Crippen molar-refractivity contribution < 1.29 is 28.6 Å². The fraction of sp³-hybridized carbons (Fsp3) is 0.893. The number of hydrogen-bond donors (Lipinski definition) is 0. The quantitative estimate of drug-likeness (QED) is 0.395. The molecule has 0 spiro atoms. The molecule has 0 aromatic heterocycles. The second-order valence-electron chi connectivity index (χ2n) is 13.0. The summed E-state index contributed by atoms with van der Waals surface area (Å²) in [6, 6.07) is 0. The van der Waals surface area contributed by atoms with Crippen LogP contribution in [0.5, 0.6) is 0 Å². The molecule has 34 heavy (non-hydrogen) atoms. The van der Waals surface area contributed by atoms with Crippen LogP contribution in [0.4, 0.5) is 0 Å². The zero-order valence-corrected chi connectivity index (χ0v) is 22.1. The van der Waals surface area contributed by atoms with E-state index in [0.717, 1.165) is 25.7 Å². The number of hydrogen-bond acceptors (Lipinski definition) is 6. The molecule has 4 rings (SSSR count). The predicted molar refractivity (Wildman–Crippen MR) is 128 cm³/mol. The number of cyclic esters (lactones) is 1. The van der Waals surface area contributed by atoms with Gasteiger partial charge in [-0.3, -0.25) is 14.4 Å². The molecule has 3 aliphatic carbocycles. The van der Waals surface area contributed by atoms with E-state index >= 15 is 0 Å². The first-order chi connectivity index (χ1) is 15.8. The second kappa shape index (κ2) is 8.81. The molecule has 1 aliphatic heterocycles. The van der Waals surface area contributed by atoms with Crippen LogP contribution >= 0.6 is 0 Å². The van der Waals surface area contributed by atoms with Crippen molar-refractivity contribution in [1.82, 2.24) is 0 Å². The van der Waals surface area contributed by atoms with Crippen LogP contribution in [0.3, 0.4) is 0 Å². The zero-order chi connectivity index (χ0) is 25.1. The molecule has 6 nitrogen and oxygen atoms in total. The summed E-state index contributed by atoms with van der Waals surface area (Å²) in [4.78, 5) is 38.4. The van der Waals surface area contributed by atoms with E-state index in [9.17, 15) is 14.4 Å². The zero-order valence-electron chi connectivity index (χ0n) is 22.1. The van der Waals surface area contributed by atoms with Gasteiger partial charge in [-0.2, -0.15) is 0 Å². The summed E-state index contributed by atoms with van der Waals surface area (Å²) in [6.45, 7) is 15.5. The van der Waals surface area contributed by atoms with Crippen LogP contribution in [0.15, 0.2) is 0 Å². The third-order valence-electron chi connectivity index (χ3n) is 10.1. The van der Waals surface area contributed by atoms with E-state index in [1.54, 1.807) is 0 Å². The van der Waals surface area contributed by atoms with Crippen molar-refractivity contribution in [2.75, 3.05) is 6.61 Å². The van der Waals surface area contributed by atoms with Crippen LogP contribution in [-0.2, 0) is 28.6 Å². The third-order valence-corrected chi connectivity index (χ3v) is 10.1. The summed E-state index contributed by atoms with van der Waals surface area (Å²) < 4.78 is 18.1. The Hall–Kier alpha value is -1.59. The Morgan fingerprint density at radius 2 is 1.76 bits per heavy atom. The average molecular weight is 477 g/mol. The van der Waals surface area contributed by atoms with Gasteiger partial charge in [0, 0.05) is 30.1 Å². The highest BCUT2D eigenvalue weighted by atomic mass is 16.6. The maximum absolute atomic E-state index is 13.0. The lowest BCUT2D eigenvalue weighted by Gasteiger charge is -2.68. The van der Waals surface area contributed by atoms with Gasteiger partial charge in [0.05, 0.1) is 12.5 Å². The molecule has 4 aliphatic rings. The third kappa shape index (κ3) is 3.97. The van der Waals surface area contributed by atoms with Crippen LogP contribution in [0.25, 0.3) is 0 Å². The lowest BCUT2D eigenvalue weighted by atomic mass is 9.37. The van der Waals surface area contributed by atoms with E-state index in [4.69, 9.17) is 14.2 Å². The minimum atomic E-state index is -0.501. The lowest BCUT2D eigenvalue weighted by molar-refractivity contribution is -0.260. The number of fused-ring (bicyclic) bond motifs is 5. The number of esters is 3. The highest BCUT2D eigenvalue weighted by Gasteiger charge is 2.71. The fourth-order valence-corrected chi connectivity index (χ4v) is 8.70. The standard InChI is InChI=1S/C28H44O6/c1-8-22(29)33-19-13-17-18(15-32-25(17)31)28(7)21(34-23(30)12-16(2)3)14-20-26(4,5)10-9-11-27(20,6)24(19)28/h16-21,24H,8-15H2,1-7H3/t17-,18-,19-,20+,21-,24-,27+,28-/m1/s1. The maximum Gasteiger partial charge on any atom is 0.309 e. The molecule has 0 N–H and O–H groups in total. The van der Waals surface area contributed by atoms with Gasteiger partial charge in [0.25, 0.3) is 0 Å². The smallest absolute Gasteiger partial charge is 0.309 e. The lowest BCUT2D eigenvalue weighted by Crippen LogP contribution is -2.69. The Labute approximate surface area is 204 Å². The molecule has 0 amide bonds. The van der Waals surface area contributed by atoms with E-state index in [-0.39, 0.29) is 64.6 Å². The first-order valence-electron chi connectivity index (χ1n) is 13.4. The van der Waals surface area contributed by atoms with E-state index in [1.165, 1.54) is 0 Å². The van der Waals surface area contributed by atoms with E-state index in [0.29, 0.717) is 31.8 Å². The topological polar surface area (TPSA) is 78.9 Å². The van der Waals surface area contributed by atoms with Gasteiger partial charge < -0.3 is 14.2 Å². The molecule has 0 bridgehead atoms. The average Bonchev–Trinajstić information content (AvgIpc) is 3.09.